The Hall–Kier alpha value is -2.74. The summed E-state index contributed by atoms with van der Waals surface area (Å²) in [7, 11) is 0. The lowest BCUT2D eigenvalue weighted by molar-refractivity contribution is -0.145. The largest absolute Gasteiger partial charge is 0.481 e. The number of para-hydroxylation sites is 1. The summed E-state index contributed by atoms with van der Waals surface area (Å²) in [4.78, 5) is 27.3. The minimum Gasteiger partial charge on any atom is -0.481 e. The first-order valence-electron chi connectivity index (χ1n) is 9.25. The first-order valence-corrected chi connectivity index (χ1v) is 9.25. The van der Waals surface area contributed by atoms with Crippen LogP contribution in [0.25, 0.3) is 5.69 Å². The van der Waals surface area contributed by atoms with Crippen LogP contribution >= 0.6 is 0 Å². The summed E-state index contributed by atoms with van der Waals surface area (Å²) in [5, 5.41) is 17.8. The molecule has 2 saturated heterocycles. The van der Waals surface area contributed by atoms with Crippen molar-refractivity contribution in [3.8, 4) is 5.69 Å². The van der Waals surface area contributed by atoms with Gasteiger partial charge in [-0.15, -0.1) is 5.10 Å². The van der Waals surface area contributed by atoms with E-state index in [1.165, 1.54) is 11.0 Å². The van der Waals surface area contributed by atoms with Gasteiger partial charge in [-0.05, 0) is 37.3 Å². The second-order valence-corrected chi connectivity index (χ2v) is 7.05. The molecule has 4 rings (SSSR count). The molecular formula is C19H22N4O4. The number of hydrogen-bond donors (Lipinski definition) is 1. The van der Waals surface area contributed by atoms with Gasteiger partial charge in [-0.3, -0.25) is 9.59 Å². The van der Waals surface area contributed by atoms with Crippen molar-refractivity contribution in [2.75, 3.05) is 19.7 Å². The van der Waals surface area contributed by atoms with Gasteiger partial charge in [-0.25, -0.2) is 0 Å². The van der Waals surface area contributed by atoms with Crippen LogP contribution in [0.15, 0.2) is 36.5 Å². The molecule has 2 atom stereocenters. The topological polar surface area (TPSA) is 97.5 Å². The number of carbonyl (C=O) groups excluding carboxylic acids is 1. The fourth-order valence-corrected chi connectivity index (χ4v) is 3.98. The molecule has 2 aromatic rings. The van der Waals surface area contributed by atoms with E-state index in [1.807, 2.05) is 30.3 Å². The van der Waals surface area contributed by atoms with Crippen LogP contribution in [0.2, 0.25) is 0 Å². The van der Waals surface area contributed by atoms with Crippen molar-refractivity contribution in [1.29, 1.82) is 0 Å². The number of benzene rings is 1. The summed E-state index contributed by atoms with van der Waals surface area (Å²) in [6, 6.07) is 9.44. The van der Waals surface area contributed by atoms with Crippen molar-refractivity contribution in [2.45, 2.75) is 25.4 Å². The van der Waals surface area contributed by atoms with Gasteiger partial charge in [0, 0.05) is 19.7 Å². The molecule has 0 saturated carbocycles. The van der Waals surface area contributed by atoms with Gasteiger partial charge in [0.25, 0.3) is 5.91 Å². The van der Waals surface area contributed by atoms with E-state index in [2.05, 4.69) is 10.2 Å². The highest BCUT2D eigenvalue weighted by molar-refractivity contribution is 5.92. The molecule has 1 amide bonds. The van der Waals surface area contributed by atoms with Gasteiger partial charge in [0.05, 0.1) is 23.9 Å². The minimum atomic E-state index is -0.784. The van der Waals surface area contributed by atoms with Gasteiger partial charge in [0.15, 0.2) is 5.69 Å². The second kappa shape index (κ2) is 7.48. The lowest BCUT2D eigenvalue weighted by Crippen LogP contribution is -2.43. The van der Waals surface area contributed by atoms with Crippen LogP contribution < -0.4 is 0 Å². The Balaban J connectivity index is 1.38. The van der Waals surface area contributed by atoms with E-state index in [1.54, 1.807) is 4.90 Å². The number of nitrogens with zero attached hydrogens (tertiary/aromatic N) is 4. The SMILES string of the molecule is O=C(O)C1CCO[C@H]1C1CCN(C(=O)c2cnn(-c3ccccc3)n2)CC1. The predicted molar refractivity (Wildman–Crippen MR) is 95.5 cm³/mol. The van der Waals surface area contributed by atoms with Crippen LogP contribution in [0, 0.1) is 11.8 Å². The maximum absolute atomic E-state index is 12.7. The molecular weight excluding hydrogens is 348 g/mol. The number of ether oxygens (including phenoxy) is 1. The van der Waals surface area contributed by atoms with Gasteiger partial charge in [0.1, 0.15) is 0 Å². The Morgan fingerprint density at radius 1 is 1.11 bits per heavy atom. The fraction of sp³-hybridized carbons (Fsp3) is 0.474. The average Bonchev–Trinajstić information content (AvgIpc) is 3.38. The van der Waals surface area contributed by atoms with E-state index < -0.39 is 11.9 Å². The molecule has 0 aliphatic carbocycles. The molecule has 2 aliphatic rings. The Morgan fingerprint density at radius 3 is 2.56 bits per heavy atom. The van der Waals surface area contributed by atoms with Crippen LogP contribution in [0.5, 0.6) is 0 Å². The van der Waals surface area contributed by atoms with Gasteiger partial charge in [0.2, 0.25) is 0 Å². The summed E-state index contributed by atoms with van der Waals surface area (Å²) in [5.74, 6) is -1.17. The van der Waals surface area contributed by atoms with Crippen molar-refractivity contribution in [2.24, 2.45) is 11.8 Å². The van der Waals surface area contributed by atoms with Gasteiger partial charge < -0.3 is 14.7 Å². The lowest BCUT2D eigenvalue weighted by Gasteiger charge is -2.35. The number of amides is 1. The molecule has 1 aromatic carbocycles. The summed E-state index contributed by atoms with van der Waals surface area (Å²) in [6.07, 6.45) is 3.31. The number of carboxylic acid groups (broad SMARTS) is 1. The zero-order chi connectivity index (χ0) is 18.8. The molecule has 0 radical (unpaired) electrons. The highest BCUT2D eigenvalue weighted by Gasteiger charge is 2.41. The van der Waals surface area contributed by atoms with Gasteiger partial charge >= 0.3 is 5.97 Å². The maximum Gasteiger partial charge on any atom is 0.309 e. The highest BCUT2D eigenvalue weighted by atomic mass is 16.5. The monoisotopic (exact) mass is 370 g/mol. The van der Waals surface area contributed by atoms with Gasteiger partial charge in [-0.2, -0.15) is 9.90 Å². The number of carboxylic acids is 1. The Bertz CT molecular complexity index is 814. The Kier molecular flexibility index (Phi) is 4.89. The number of likely N-dealkylation sites (tertiary alicyclic amines) is 1. The third kappa shape index (κ3) is 3.57. The molecule has 1 unspecified atom stereocenters. The number of aromatic nitrogens is 3. The summed E-state index contributed by atoms with van der Waals surface area (Å²) in [6.45, 7) is 1.66. The third-order valence-corrected chi connectivity index (χ3v) is 5.44. The standard InChI is InChI=1S/C19H22N4O4/c24-18(16-12-20-23(21-16)14-4-2-1-3-5-14)22-9-6-13(7-10-22)17-15(19(25)26)8-11-27-17/h1-5,12-13,15,17H,6-11H2,(H,25,26)/t15?,17-/m0/s1. The molecule has 8 heteroatoms. The quantitative estimate of drug-likeness (QED) is 0.878. The van der Waals surface area contributed by atoms with Crippen LogP contribution in [-0.4, -0.2) is 62.7 Å². The molecule has 8 nitrogen and oxygen atoms in total. The summed E-state index contributed by atoms with van der Waals surface area (Å²) in [5.41, 5.74) is 1.12. The van der Waals surface area contributed by atoms with E-state index >= 15 is 0 Å². The molecule has 27 heavy (non-hydrogen) atoms. The van der Waals surface area contributed by atoms with Crippen molar-refractivity contribution >= 4 is 11.9 Å². The van der Waals surface area contributed by atoms with Crippen molar-refractivity contribution in [3.05, 3.63) is 42.2 Å². The van der Waals surface area contributed by atoms with Crippen LogP contribution in [0.3, 0.4) is 0 Å². The summed E-state index contributed by atoms with van der Waals surface area (Å²) >= 11 is 0. The second-order valence-electron chi connectivity index (χ2n) is 7.05. The first-order chi connectivity index (χ1) is 13.1. The number of piperidine rings is 1. The number of rotatable bonds is 4. The van der Waals surface area contributed by atoms with E-state index in [-0.39, 0.29) is 17.9 Å². The zero-order valence-corrected chi connectivity index (χ0v) is 14.9. The highest BCUT2D eigenvalue weighted by Crippen LogP contribution is 2.33. The van der Waals surface area contributed by atoms with E-state index in [0.29, 0.717) is 31.8 Å². The maximum atomic E-state index is 12.7. The van der Waals surface area contributed by atoms with Crippen LogP contribution in [-0.2, 0) is 9.53 Å². The smallest absolute Gasteiger partial charge is 0.309 e. The molecule has 0 spiro atoms. The molecule has 1 aromatic heterocycles. The summed E-state index contributed by atoms with van der Waals surface area (Å²) < 4.78 is 5.69. The van der Waals surface area contributed by atoms with E-state index in [9.17, 15) is 14.7 Å². The van der Waals surface area contributed by atoms with Gasteiger partial charge in [-0.1, -0.05) is 18.2 Å². The first kappa shape index (κ1) is 17.7. The fourth-order valence-electron chi connectivity index (χ4n) is 3.98. The molecule has 0 bridgehead atoms. The zero-order valence-electron chi connectivity index (χ0n) is 14.9. The van der Waals surface area contributed by atoms with E-state index in [4.69, 9.17) is 4.74 Å². The third-order valence-electron chi connectivity index (χ3n) is 5.44. The van der Waals surface area contributed by atoms with E-state index in [0.717, 1.165) is 18.5 Å². The normalized spacial score (nSPS) is 23.5. The van der Waals surface area contributed by atoms with Crippen LogP contribution in [0.4, 0.5) is 0 Å². The number of hydrogen-bond acceptors (Lipinski definition) is 5. The molecule has 2 aliphatic heterocycles. The molecule has 3 heterocycles. The average molecular weight is 370 g/mol. The minimum absolute atomic E-state index is 0.141. The van der Waals surface area contributed by atoms with Crippen molar-refractivity contribution in [1.82, 2.24) is 19.9 Å². The molecule has 1 N–H and O–H groups in total. The number of aliphatic carboxylic acids is 1. The molecule has 2 fully saturated rings. The van der Waals surface area contributed by atoms with Crippen molar-refractivity contribution in [3.63, 3.8) is 0 Å². The molecule has 142 valence electrons. The van der Waals surface area contributed by atoms with Crippen molar-refractivity contribution < 1.29 is 19.4 Å². The Morgan fingerprint density at radius 2 is 1.85 bits per heavy atom. The van der Waals surface area contributed by atoms with Crippen LogP contribution in [0.1, 0.15) is 29.8 Å². The predicted octanol–water partition coefficient (Wildman–Crippen LogP) is 1.61. The number of carbonyl (C=O) groups is 2. The lowest BCUT2D eigenvalue weighted by atomic mass is 9.84. The Labute approximate surface area is 156 Å².